The Kier molecular flexibility index (Phi) is 9.56. The van der Waals surface area contributed by atoms with Gasteiger partial charge in [0.05, 0.1) is 5.58 Å². The van der Waals surface area contributed by atoms with Gasteiger partial charge >= 0.3 is 0 Å². The molecule has 6 heteroatoms. The molecule has 0 fully saturated rings. The molecule has 0 aliphatic carbocycles. The fraction of sp³-hybridized carbons (Fsp3) is 0.270. The van der Waals surface area contributed by atoms with Crippen LogP contribution in [0.4, 0.5) is 0 Å². The van der Waals surface area contributed by atoms with Crippen molar-refractivity contribution in [2.75, 3.05) is 0 Å². The van der Waals surface area contributed by atoms with Crippen molar-refractivity contribution in [3.05, 3.63) is 108 Å². The van der Waals surface area contributed by atoms with Crippen LogP contribution in [0, 0.1) is 32.9 Å². The molecular formula is C37H39IrN3OSi-2. The monoisotopic (exact) mass is 762 g/mol. The van der Waals surface area contributed by atoms with Crippen molar-refractivity contribution in [3.8, 4) is 22.5 Å². The van der Waals surface area contributed by atoms with Crippen molar-refractivity contribution >= 4 is 35.3 Å². The topological polar surface area (TPSA) is 51.8 Å². The fourth-order valence-corrected chi connectivity index (χ4v) is 6.40. The van der Waals surface area contributed by atoms with Crippen molar-refractivity contribution in [2.45, 2.75) is 66.6 Å². The summed E-state index contributed by atoms with van der Waals surface area (Å²) in [6.45, 7) is 20.0. The number of nitrogens with zero attached hydrogens (tertiary/aromatic N) is 3. The number of hydrogen-bond acceptors (Lipinski definition) is 4. The van der Waals surface area contributed by atoms with E-state index in [1.165, 1.54) is 32.8 Å². The summed E-state index contributed by atoms with van der Waals surface area (Å²) in [7, 11) is -1.62. The van der Waals surface area contributed by atoms with Crippen LogP contribution in [0.3, 0.4) is 0 Å². The van der Waals surface area contributed by atoms with Crippen LogP contribution in [0.15, 0.2) is 77.6 Å². The zero-order valence-electron chi connectivity index (χ0n) is 26.5. The van der Waals surface area contributed by atoms with Gasteiger partial charge in [-0.3, -0.25) is 0 Å². The molecule has 0 aliphatic heterocycles. The molecule has 0 unspecified atom stereocenters. The van der Waals surface area contributed by atoms with Crippen LogP contribution in [0.2, 0.25) is 19.6 Å². The van der Waals surface area contributed by atoms with Gasteiger partial charge in [0.25, 0.3) is 0 Å². The Balaban J connectivity index is 0.000000238. The second kappa shape index (κ2) is 12.7. The van der Waals surface area contributed by atoms with Crippen LogP contribution in [-0.2, 0) is 25.5 Å². The number of benzene rings is 2. The summed E-state index contributed by atoms with van der Waals surface area (Å²) in [5, 5.41) is 3.64. The normalized spacial score (nSPS) is 11.7. The maximum Gasteiger partial charge on any atom is 0.216 e. The van der Waals surface area contributed by atoms with Crippen LogP contribution in [0.1, 0.15) is 43.0 Å². The van der Waals surface area contributed by atoms with Gasteiger partial charge in [-0.15, -0.1) is 53.2 Å². The minimum absolute atomic E-state index is 0. The van der Waals surface area contributed by atoms with Crippen molar-refractivity contribution in [1.29, 1.82) is 0 Å². The summed E-state index contributed by atoms with van der Waals surface area (Å²) >= 11 is 0. The van der Waals surface area contributed by atoms with Gasteiger partial charge in [-0.2, -0.15) is 0 Å². The quantitative estimate of drug-likeness (QED) is 0.133. The van der Waals surface area contributed by atoms with Gasteiger partial charge in [0.2, 0.25) is 5.71 Å². The van der Waals surface area contributed by atoms with Crippen LogP contribution < -0.4 is 5.19 Å². The van der Waals surface area contributed by atoms with E-state index in [4.69, 9.17) is 4.42 Å². The maximum absolute atomic E-state index is 6.32. The zero-order valence-corrected chi connectivity index (χ0v) is 29.9. The number of pyridine rings is 3. The van der Waals surface area contributed by atoms with Gasteiger partial charge in [-0.1, -0.05) is 74.6 Å². The van der Waals surface area contributed by atoms with E-state index in [9.17, 15) is 0 Å². The third-order valence-corrected chi connectivity index (χ3v) is 9.62. The molecule has 4 nitrogen and oxygen atoms in total. The van der Waals surface area contributed by atoms with Crippen molar-refractivity contribution in [3.63, 3.8) is 0 Å². The first kappa shape index (κ1) is 32.5. The molecule has 6 aromatic rings. The smallest absolute Gasteiger partial charge is 0.216 e. The Labute approximate surface area is 270 Å². The van der Waals surface area contributed by atoms with Crippen molar-refractivity contribution in [1.82, 2.24) is 15.0 Å². The summed E-state index contributed by atoms with van der Waals surface area (Å²) in [5.74, 6) is 0. The standard InChI is InChI=1S/C24H27N2OSi.C13H12N.Ir/c1-15-10-11-25-19(12-15)17-8-9-20(28(5,6)7)21-18-13-16(24(2,3)4)14-26-23(18)27-22(17)21;1-10-8-13(14-9-11(10)2)12-6-4-3-5-7-12;/h9-14H,1-7H3;3-6,8-9H,1-2H3;/q2*-1;. The van der Waals surface area contributed by atoms with E-state index in [0.29, 0.717) is 5.71 Å². The minimum atomic E-state index is -1.62. The van der Waals surface area contributed by atoms with Crippen molar-refractivity contribution in [2.24, 2.45) is 0 Å². The van der Waals surface area contributed by atoms with Gasteiger partial charge in [-0.05, 0) is 60.8 Å². The van der Waals surface area contributed by atoms with Crippen LogP contribution in [0.5, 0.6) is 0 Å². The number of furan rings is 1. The number of aryl methyl sites for hydroxylation is 3. The number of aromatic nitrogens is 3. The van der Waals surface area contributed by atoms with Gasteiger partial charge < -0.3 is 14.4 Å². The average molecular weight is 762 g/mol. The zero-order chi connectivity index (χ0) is 30.2. The van der Waals surface area contributed by atoms with E-state index in [1.807, 2.05) is 48.9 Å². The van der Waals surface area contributed by atoms with Crippen LogP contribution >= 0.6 is 0 Å². The van der Waals surface area contributed by atoms with Gasteiger partial charge in [-0.25, -0.2) is 4.98 Å². The molecule has 6 rings (SSSR count). The average Bonchev–Trinajstić information content (AvgIpc) is 3.33. The van der Waals surface area contributed by atoms with Crippen LogP contribution in [0.25, 0.3) is 44.6 Å². The molecule has 0 spiro atoms. The summed E-state index contributed by atoms with van der Waals surface area (Å²) in [6, 6.07) is 25.2. The minimum Gasteiger partial charge on any atom is -0.486 e. The Morgan fingerprint density at radius 1 is 0.814 bits per heavy atom. The van der Waals surface area contributed by atoms with E-state index in [-0.39, 0.29) is 25.5 Å². The number of rotatable bonds is 3. The first-order valence-corrected chi connectivity index (χ1v) is 17.9. The van der Waals surface area contributed by atoms with Crippen molar-refractivity contribution < 1.29 is 24.5 Å². The number of fused-ring (bicyclic) bond motifs is 3. The third-order valence-electron chi connectivity index (χ3n) is 7.61. The third kappa shape index (κ3) is 7.04. The first-order chi connectivity index (χ1) is 19.8. The van der Waals surface area contributed by atoms with Gasteiger partial charge in [0, 0.05) is 52.2 Å². The summed E-state index contributed by atoms with van der Waals surface area (Å²) in [4.78, 5) is 13.6. The molecule has 0 N–H and O–H groups in total. The summed E-state index contributed by atoms with van der Waals surface area (Å²) in [6.07, 6.45) is 5.69. The van der Waals surface area contributed by atoms with E-state index in [0.717, 1.165) is 33.5 Å². The second-order valence-electron chi connectivity index (χ2n) is 13.1. The van der Waals surface area contributed by atoms with Crippen LogP contribution in [-0.4, -0.2) is 23.0 Å². The molecule has 1 radical (unpaired) electrons. The molecule has 43 heavy (non-hydrogen) atoms. The molecule has 0 saturated carbocycles. The molecule has 0 atom stereocenters. The van der Waals surface area contributed by atoms with E-state index in [1.54, 1.807) is 0 Å². The largest absolute Gasteiger partial charge is 0.486 e. The molecule has 223 valence electrons. The van der Waals surface area contributed by atoms with E-state index in [2.05, 4.69) is 113 Å². The Bertz CT molecular complexity index is 1880. The molecule has 0 saturated heterocycles. The fourth-order valence-electron chi connectivity index (χ4n) is 4.90. The molecule has 4 heterocycles. The van der Waals surface area contributed by atoms with Gasteiger partial charge in [0.1, 0.15) is 0 Å². The molecule has 4 aromatic heterocycles. The molecule has 0 bridgehead atoms. The summed E-state index contributed by atoms with van der Waals surface area (Å²) < 4.78 is 6.32. The van der Waals surface area contributed by atoms with E-state index >= 15 is 0 Å². The Morgan fingerprint density at radius 3 is 2.21 bits per heavy atom. The molecular weight excluding hydrogens is 723 g/mol. The van der Waals surface area contributed by atoms with Gasteiger partial charge in [0.15, 0.2) is 0 Å². The summed E-state index contributed by atoms with van der Waals surface area (Å²) in [5.41, 5.74) is 10.3. The predicted octanol–water partition coefficient (Wildman–Crippen LogP) is 9.16. The maximum atomic E-state index is 6.32. The predicted molar refractivity (Wildman–Crippen MR) is 178 cm³/mol. The second-order valence-corrected chi connectivity index (χ2v) is 18.1. The number of hydrogen-bond donors (Lipinski definition) is 0. The SMILES string of the molecule is Cc1ccnc(-c2[c-]cc([Si](C)(C)C)c3c2oc2ncc(C(C)(C)C)cc23)c1.Cc1cnc(-c2[c-]cccc2)cc1C.[Ir]. The van der Waals surface area contributed by atoms with E-state index < -0.39 is 8.07 Å². The molecule has 0 aliphatic rings. The first-order valence-electron chi connectivity index (χ1n) is 14.4. The molecule has 2 aromatic carbocycles. The Hall–Kier alpha value is -3.44. The molecule has 0 amide bonds. The Morgan fingerprint density at radius 2 is 1.58 bits per heavy atom.